The molecule has 3 rings (SSSR count). The number of hydrogen-bond donors (Lipinski definition) is 1. The normalized spacial score (nSPS) is 15.2. The van der Waals surface area contributed by atoms with Crippen molar-refractivity contribution in [2.75, 3.05) is 42.9 Å². The van der Waals surface area contributed by atoms with Crippen molar-refractivity contribution in [1.82, 2.24) is 15.1 Å². The third-order valence-electron chi connectivity index (χ3n) is 3.82. The number of anilines is 2. The highest BCUT2D eigenvalue weighted by atomic mass is 79.9. The minimum absolute atomic E-state index is 0.0886. The molecule has 1 fully saturated rings. The number of piperazine rings is 1. The van der Waals surface area contributed by atoms with E-state index in [1.54, 1.807) is 17.6 Å². The van der Waals surface area contributed by atoms with Crippen LogP contribution < -0.4 is 10.2 Å². The van der Waals surface area contributed by atoms with Crippen molar-refractivity contribution < 1.29 is 9.72 Å². The SMILES string of the molecule is O=C(CN1CCN(c2cc(Br)ccc2[N+](=O)[O-])CC1)Nc1nncs1. The van der Waals surface area contributed by atoms with Crippen molar-refractivity contribution in [2.45, 2.75) is 0 Å². The van der Waals surface area contributed by atoms with Crippen LogP contribution in [0.25, 0.3) is 0 Å². The Balaban J connectivity index is 1.58. The number of nitrogens with one attached hydrogen (secondary N) is 1. The van der Waals surface area contributed by atoms with Crippen LogP contribution in [0, 0.1) is 10.1 Å². The highest BCUT2D eigenvalue weighted by molar-refractivity contribution is 9.10. The van der Waals surface area contributed by atoms with Crippen molar-refractivity contribution in [3.05, 3.63) is 38.3 Å². The number of carbonyl (C=O) groups is 1. The van der Waals surface area contributed by atoms with Gasteiger partial charge in [0.1, 0.15) is 11.2 Å². The summed E-state index contributed by atoms with van der Waals surface area (Å²) in [4.78, 5) is 26.8. The van der Waals surface area contributed by atoms with Gasteiger partial charge < -0.3 is 4.90 Å². The molecule has 0 spiro atoms. The molecule has 0 unspecified atom stereocenters. The Morgan fingerprint density at radius 3 is 2.76 bits per heavy atom. The number of nitro benzene ring substituents is 1. The molecule has 0 aliphatic carbocycles. The molecule has 9 nitrogen and oxygen atoms in total. The van der Waals surface area contributed by atoms with Gasteiger partial charge in [-0.05, 0) is 12.1 Å². The van der Waals surface area contributed by atoms with E-state index in [0.717, 1.165) is 4.47 Å². The molecule has 132 valence electrons. The first-order valence-corrected chi connectivity index (χ1v) is 9.17. The van der Waals surface area contributed by atoms with Gasteiger partial charge in [0.15, 0.2) is 0 Å². The lowest BCUT2D eigenvalue weighted by Crippen LogP contribution is -2.48. The van der Waals surface area contributed by atoms with Crippen molar-refractivity contribution >= 4 is 49.7 Å². The highest BCUT2D eigenvalue weighted by Crippen LogP contribution is 2.31. The minimum Gasteiger partial charge on any atom is -0.363 e. The van der Waals surface area contributed by atoms with E-state index >= 15 is 0 Å². The molecule has 1 aromatic carbocycles. The Bertz CT molecular complexity index is 764. The number of hydrogen-bond acceptors (Lipinski definition) is 8. The molecule has 0 atom stereocenters. The second-order valence-corrected chi connectivity index (χ2v) is 7.19. The van der Waals surface area contributed by atoms with Gasteiger partial charge in [0.25, 0.3) is 5.69 Å². The smallest absolute Gasteiger partial charge is 0.292 e. The Labute approximate surface area is 155 Å². The zero-order valence-corrected chi connectivity index (χ0v) is 15.5. The van der Waals surface area contributed by atoms with Gasteiger partial charge in [-0.15, -0.1) is 10.2 Å². The largest absolute Gasteiger partial charge is 0.363 e. The summed E-state index contributed by atoms with van der Waals surface area (Å²) in [7, 11) is 0. The monoisotopic (exact) mass is 426 g/mol. The van der Waals surface area contributed by atoms with Gasteiger partial charge >= 0.3 is 0 Å². The van der Waals surface area contributed by atoms with Gasteiger partial charge in [0.05, 0.1) is 11.5 Å². The number of carbonyl (C=O) groups excluding carboxylic acids is 1. The van der Waals surface area contributed by atoms with E-state index in [9.17, 15) is 14.9 Å². The lowest BCUT2D eigenvalue weighted by Gasteiger charge is -2.35. The minimum atomic E-state index is -0.371. The average molecular weight is 427 g/mol. The molecule has 2 heterocycles. The number of amides is 1. The van der Waals surface area contributed by atoms with Crippen LogP contribution >= 0.6 is 27.3 Å². The van der Waals surface area contributed by atoms with Crippen molar-refractivity contribution in [1.29, 1.82) is 0 Å². The van der Waals surface area contributed by atoms with E-state index < -0.39 is 0 Å². The van der Waals surface area contributed by atoms with E-state index in [1.807, 2.05) is 9.80 Å². The van der Waals surface area contributed by atoms with E-state index in [4.69, 9.17) is 0 Å². The van der Waals surface area contributed by atoms with Gasteiger partial charge in [-0.25, -0.2) is 0 Å². The number of nitro groups is 1. The van der Waals surface area contributed by atoms with Gasteiger partial charge in [-0.2, -0.15) is 0 Å². The van der Waals surface area contributed by atoms with E-state index in [2.05, 4.69) is 31.4 Å². The van der Waals surface area contributed by atoms with Crippen LogP contribution in [0.2, 0.25) is 0 Å². The molecule has 1 N–H and O–H groups in total. The van der Waals surface area contributed by atoms with Crippen LogP contribution in [0.1, 0.15) is 0 Å². The molecule has 2 aromatic rings. The maximum absolute atomic E-state index is 12.0. The summed E-state index contributed by atoms with van der Waals surface area (Å²) in [6, 6.07) is 4.92. The van der Waals surface area contributed by atoms with Crippen LogP contribution in [-0.2, 0) is 4.79 Å². The summed E-state index contributed by atoms with van der Waals surface area (Å²) in [5, 5.41) is 21.9. The first kappa shape index (κ1) is 17.7. The predicted molar refractivity (Wildman–Crippen MR) is 98.0 cm³/mol. The highest BCUT2D eigenvalue weighted by Gasteiger charge is 2.24. The molecular formula is C14H15BrN6O3S. The predicted octanol–water partition coefficient (Wildman–Crippen LogP) is 1.97. The van der Waals surface area contributed by atoms with Crippen molar-refractivity contribution in [3.63, 3.8) is 0 Å². The quantitative estimate of drug-likeness (QED) is 0.575. The lowest BCUT2D eigenvalue weighted by molar-refractivity contribution is -0.384. The molecule has 0 saturated carbocycles. The zero-order valence-electron chi connectivity index (χ0n) is 13.1. The maximum atomic E-state index is 12.0. The molecule has 1 saturated heterocycles. The standard InChI is InChI=1S/C14H15BrN6O3S/c15-10-1-2-11(21(23)24)12(7-10)20-5-3-19(4-6-20)8-13(22)17-14-18-16-9-25-14/h1-2,7,9H,3-6,8H2,(H,17,18,22). The first-order chi connectivity index (χ1) is 12.0. The van der Waals surface area contributed by atoms with Crippen LogP contribution in [0.15, 0.2) is 28.2 Å². The van der Waals surface area contributed by atoms with Gasteiger partial charge in [0.2, 0.25) is 11.0 Å². The third-order valence-corrected chi connectivity index (χ3v) is 4.92. The zero-order chi connectivity index (χ0) is 17.8. The summed E-state index contributed by atoms with van der Waals surface area (Å²) in [6.07, 6.45) is 0. The van der Waals surface area contributed by atoms with Gasteiger partial charge in [0, 0.05) is 36.7 Å². The van der Waals surface area contributed by atoms with E-state index in [0.29, 0.717) is 37.0 Å². The molecule has 0 radical (unpaired) electrons. The molecule has 1 aromatic heterocycles. The summed E-state index contributed by atoms with van der Waals surface area (Å²) < 4.78 is 0.798. The third kappa shape index (κ3) is 4.50. The van der Waals surface area contributed by atoms with Crippen LogP contribution in [-0.4, -0.2) is 58.7 Å². The number of benzene rings is 1. The maximum Gasteiger partial charge on any atom is 0.292 e. The molecule has 25 heavy (non-hydrogen) atoms. The summed E-state index contributed by atoms with van der Waals surface area (Å²) in [6.45, 7) is 2.78. The number of nitrogens with zero attached hydrogens (tertiary/aromatic N) is 5. The Kier molecular flexibility index (Phi) is 5.56. The summed E-state index contributed by atoms with van der Waals surface area (Å²) >= 11 is 4.63. The number of rotatable bonds is 5. The van der Waals surface area contributed by atoms with Gasteiger partial charge in [-0.3, -0.25) is 25.1 Å². The second-order valence-electron chi connectivity index (χ2n) is 5.45. The average Bonchev–Trinajstić information content (AvgIpc) is 3.08. The van der Waals surface area contributed by atoms with E-state index in [-0.39, 0.29) is 23.1 Å². The molecule has 1 aliphatic heterocycles. The molecule has 1 aliphatic rings. The fraction of sp³-hybridized carbons (Fsp3) is 0.357. The molecular weight excluding hydrogens is 412 g/mol. The fourth-order valence-electron chi connectivity index (χ4n) is 2.64. The summed E-state index contributed by atoms with van der Waals surface area (Å²) in [5.74, 6) is -0.140. The van der Waals surface area contributed by atoms with Gasteiger partial charge in [-0.1, -0.05) is 27.3 Å². The van der Waals surface area contributed by atoms with Crippen molar-refractivity contribution in [2.24, 2.45) is 0 Å². The lowest BCUT2D eigenvalue weighted by atomic mass is 10.2. The Morgan fingerprint density at radius 1 is 1.36 bits per heavy atom. The second kappa shape index (κ2) is 7.85. The van der Waals surface area contributed by atoms with Crippen LogP contribution in [0.5, 0.6) is 0 Å². The van der Waals surface area contributed by atoms with Crippen LogP contribution in [0.4, 0.5) is 16.5 Å². The molecule has 11 heteroatoms. The summed E-state index contributed by atoms with van der Waals surface area (Å²) in [5.41, 5.74) is 2.24. The Morgan fingerprint density at radius 2 is 2.12 bits per heavy atom. The number of aromatic nitrogens is 2. The van der Waals surface area contributed by atoms with Crippen molar-refractivity contribution in [3.8, 4) is 0 Å². The van der Waals surface area contributed by atoms with E-state index in [1.165, 1.54) is 17.4 Å². The topological polar surface area (TPSA) is 104 Å². The first-order valence-electron chi connectivity index (χ1n) is 7.50. The molecule has 0 bridgehead atoms. The van der Waals surface area contributed by atoms with Crippen LogP contribution in [0.3, 0.4) is 0 Å². The molecule has 1 amide bonds. The Hall–Kier alpha value is -2.11. The number of halogens is 1. The fourth-order valence-corrected chi connectivity index (χ4v) is 3.45.